The molecular formula is C21H21NO4. The zero-order valence-corrected chi connectivity index (χ0v) is 15.3. The molecule has 0 aliphatic carbocycles. The first-order chi connectivity index (χ1) is 12.4. The van der Waals surface area contributed by atoms with Gasteiger partial charge >= 0.3 is 5.97 Å². The van der Waals surface area contributed by atoms with Gasteiger partial charge in [0, 0.05) is 16.6 Å². The van der Waals surface area contributed by atoms with Gasteiger partial charge in [-0.2, -0.15) is 0 Å². The van der Waals surface area contributed by atoms with Crippen molar-refractivity contribution < 1.29 is 18.7 Å². The quantitative estimate of drug-likeness (QED) is 0.711. The summed E-state index contributed by atoms with van der Waals surface area (Å²) in [5.74, 6) is -0.608. The highest BCUT2D eigenvalue weighted by Gasteiger charge is 2.14. The average molecular weight is 351 g/mol. The monoisotopic (exact) mass is 351 g/mol. The highest BCUT2D eigenvalue weighted by atomic mass is 16.5. The van der Waals surface area contributed by atoms with Gasteiger partial charge in [-0.05, 0) is 61.7 Å². The molecule has 0 saturated heterocycles. The summed E-state index contributed by atoms with van der Waals surface area (Å²) < 4.78 is 10.3. The molecule has 2 aromatic carbocycles. The molecule has 1 aromatic heterocycles. The lowest BCUT2D eigenvalue weighted by atomic mass is 10.0. The Hall–Kier alpha value is -3.08. The summed E-state index contributed by atoms with van der Waals surface area (Å²) in [7, 11) is 1.33. The number of rotatable bonds is 4. The molecule has 0 unspecified atom stereocenters. The van der Waals surface area contributed by atoms with Gasteiger partial charge in [0.1, 0.15) is 5.58 Å². The van der Waals surface area contributed by atoms with E-state index in [-0.39, 0.29) is 12.3 Å². The van der Waals surface area contributed by atoms with Crippen molar-refractivity contribution in [2.45, 2.75) is 27.2 Å². The largest absolute Gasteiger partial charge is 0.465 e. The van der Waals surface area contributed by atoms with Crippen LogP contribution in [0.25, 0.3) is 11.0 Å². The van der Waals surface area contributed by atoms with E-state index in [0.29, 0.717) is 11.3 Å². The summed E-state index contributed by atoms with van der Waals surface area (Å²) in [4.78, 5) is 24.2. The number of hydrogen-bond donors (Lipinski definition) is 1. The molecule has 134 valence electrons. The van der Waals surface area contributed by atoms with E-state index in [0.717, 1.165) is 33.2 Å². The SMILES string of the molecule is COC(=O)c1ccc(C)c(NC(=O)Cc2coc3cc(C)c(C)cc23)c1. The van der Waals surface area contributed by atoms with Crippen molar-refractivity contribution in [2.24, 2.45) is 0 Å². The molecule has 1 N–H and O–H groups in total. The Morgan fingerprint density at radius 3 is 2.50 bits per heavy atom. The van der Waals surface area contributed by atoms with Crippen LogP contribution < -0.4 is 5.32 Å². The van der Waals surface area contributed by atoms with Crippen LogP contribution in [0.15, 0.2) is 41.0 Å². The molecule has 5 nitrogen and oxygen atoms in total. The minimum atomic E-state index is -0.438. The minimum Gasteiger partial charge on any atom is -0.465 e. The molecule has 0 aliphatic heterocycles. The molecule has 5 heteroatoms. The van der Waals surface area contributed by atoms with Gasteiger partial charge in [0.15, 0.2) is 0 Å². The number of ether oxygens (including phenoxy) is 1. The minimum absolute atomic E-state index is 0.170. The Bertz CT molecular complexity index is 1000. The molecule has 3 rings (SSSR count). The van der Waals surface area contributed by atoms with Crippen LogP contribution in [-0.2, 0) is 16.0 Å². The number of anilines is 1. The number of methoxy groups -OCH3 is 1. The van der Waals surface area contributed by atoms with Crippen LogP contribution in [0.3, 0.4) is 0 Å². The smallest absolute Gasteiger partial charge is 0.337 e. The summed E-state index contributed by atoms with van der Waals surface area (Å²) in [5, 5.41) is 3.82. The normalized spacial score (nSPS) is 10.8. The second kappa shape index (κ2) is 7.04. The Morgan fingerprint density at radius 1 is 1.04 bits per heavy atom. The van der Waals surface area contributed by atoms with Crippen molar-refractivity contribution >= 4 is 28.5 Å². The number of carbonyl (C=O) groups excluding carboxylic acids is 2. The summed E-state index contributed by atoms with van der Waals surface area (Å²) >= 11 is 0. The van der Waals surface area contributed by atoms with E-state index in [9.17, 15) is 9.59 Å². The molecule has 1 amide bonds. The number of aryl methyl sites for hydroxylation is 3. The maximum atomic E-state index is 12.5. The number of fused-ring (bicyclic) bond motifs is 1. The Morgan fingerprint density at radius 2 is 1.77 bits per heavy atom. The number of furan rings is 1. The van der Waals surface area contributed by atoms with Gasteiger partial charge in [-0.1, -0.05) is 6.07 Å². The molecule has 0 aliphatic rings. The fourth-order valence-electron chi connectivity index (χ4n) is 2.84. The third-order valence-corrected chi connectivity index (χ3v) is 4.55. The van der Waals surface area contributed by atoms with Crippen LogP contribution in [0.2, 0.25) is 0 Å². The first kappa shape index (κ1) is 17.7. The van der Waals surface area contributed by atoms with Gasteiger partial charge in [0.25, 0.3) is 0 Å². The molecule has 0 radical (unpaired) electrons. The van der Waals surface area contributed by atoms with Crippen molar-refractivity contribution in [1.29, 1.82) is 0 Å². The Kier molecular flexibility index (Phi) is 4.80. The number of benzene rings is 2. The van der Waals surface area contributed by atoms with Crippen LogP contribution in [0.5, 0.6) is 0 Å². The van der Waals surface area contributed by atoms with E-state index in [4.69, 9.17) is 9.15 Å². The highest BCUT2D eigenvalue weighted by molar-refractivity contribution is 5.98. The zero-order chi connectivity index (χ0) is 18.8. The summed E-state index contributed by atoms with van der Waals surface area (Å²) in [6.45, 7) is 5.93. The average Bonchev–Trinajstić information content (AvgIpc) is 2.98. The van der Waals surface area contributed by atoms with Crippen LogP contribution >= 0.6 is 0 Å². The first-order valence-electron chi connectivity index (χ1n) is 8.35. The number of hydrogen-bond acceptors (Lipinski definition) is 4. The third kappa shape index (κ3) is 3.47. The lowest BCUT2D eigenvalue weighted by molar-refractivity contribution is -0.115. The van der Waals surface area contributed by atoms with E-state index in [2.05, 4.69) is 5.32 Å². The van der Waals surface area contributed by atoms with Crippen LogP contribution in [0, 0.1) is 20.8 Å². The molecule has 3 aromatic rings. The van der Waals surface area contributed by atoms with Crippen molar-refractivity contribution in [3.8, 4) is 0 Å². The molecule has 26 heavy (non-hydrogen) atoms. The van der Waals surface area contributed by atoms with Crippen LogP contribution in [-0.4, -0.2) is 19.0 Å². The summed E-state index contributed by atoms with van der Waals surface area (Å²) in [6.07, 6.45) is 1.82. The molecule has 0 bridgehead atoms. The number of carbonyl (C=O) groups is 2. The van der Waals surface area contributed by atoms with Gasteiger partial charge in [0.2, 0.25) is 5.91 Å². The number of amides is 1. The van der Waals surface area contributed by atoms with E-state index >= 15 is 0 Å². The van der Waals surface area contributed by atoms with E-state index in [1.807, 2.05) is 32.9 Å². The molecule has 0 spiro atoms. The third-order valence-electron chi connectivity index (χ3n) is 4.55. The number of esters is 1. The molecule has 1 heterocycles. The Balaban J connectivity index is 1.82. The van der Waals surface area contributed by atoms with E-state index in [1.165, 1.54) is 7.11 Å². The van der Waals surface area contributed by atoms with Gasteiger partial charge in [-0.3, -0.25) is 4.79 Å². The Labute approximate surface area is 152 Å². The van der Waals surface area contributed by atoms with Gasteiger partial charge in [0.05, 0.1) is 25.4 Å². The zero-order valence-electron chi connectivity index (χ0n) is 15.3. The fourth-order valence-corrected chi connectivity index (χ4v) is 2.84. The van der Waals surface area contributed by atoms with E-state index in [1.54, 1.807) is 24.5 Å². The van der Waals surface area contributed by atoms with Crippen molar-refractivity contribution in [3.05, 3.63) is 64.4 Å². The van der Waals surface area contributed by atoms with Crippen molar-refractivity contribution in [1.82, 2.24) is 0 Å². The predicted molar refractivity (Wildman–Crippen MR) is 101 cm³/mol. The first-order valence-corrected chi connectivity index (χ1v) is 8.35. The topological polar surface area (TPSA) is 68.5 Å². The van der Waals surface area contributed by atoms with Crippen molar-refractivity contribution in [2.75, 3.05) is 12.4 Å². The fraction of sp³-hybridized carbons (Fsp3) is 0.238. The molecular weight excluding hydrogens is 330 g/mol. The second-order valence-corrected chi connectivity index (χ2v) is 6.44. The van der Waals surface area contributed by atoms with E-state index < -0.39 is 5.97 Å². The molecule has 0 saturated carbocycles. The summed E-state index contributed by atoms with van der Waals surface area (Å²) in [5.41, 5.74) is 5.78. The number of nitrogens with one attached hydrogen (secondary N) is 1. The molecule has 0 fully saturated rings. The lowest BCUT2D eigenvalue weighted by Gasteiger charge is -2.10. The van der Waals surface area contributed by atoms with Gasteiger partial charge in [-0.25, -0.2) is 4.79 Å². The molecule has 0 atom stereocenters. The summed E-state index contributed by atoms with van der Waals surface area (Å²) in [6, 6.07) is 9.10. The predicted octanol–water partition coefficient (Wildman–Crippen LogP) is 4.33. The second-order valence-electron chi connectivity index (χ2n) is 6.44. The van der Waals surface area contributed by atoms with Crippen molar-refractivity contribution in [3.63, 3.8) is 0 Å². The standard InChI is InChI=1S/C21H21NO4/c1-12-5-6-15(21(24)25-4)9-18(12)22-20(23)10-16-11-26-19-8-14(3)13(2)7-17(16)19/h5-9,11H,10H2,1-4H3,(H,22,23). The highest BCUT2D eigenvalue weighted by Crippen LogP contribution is 2.26. The van der Waals surface area contributed by atoms with Crippen LogP contribution in [0.1, 0.15) is 32.6 Å². The maximum absolute atomic E-state index is 12.5. The van der Waals surface area contributed by atoms with Gasteiger partial charge in [-0.15, -0.1) is 0 Å². The van der Waals surface area contributed by atoms with Gasteiger partial charge < -0.3 is 14.5 Å². The van der Waals surface area contributed by atoms with Crippen LogP contribution in [0.4, 0.5) is 5.69 Å². The maximum Gasteiger partial charge on any atom is 0.337 e. The lowest BCUT2D eigenvalue weighted by Crippen LogP contribution is -2.15.